The Bertz CT molecular complexity index is 337. The number of halogens is 3. The van der Waals surface area contributed by atoms with E-state index >= 15 is 0 Å². The summed E-state index contributed by atoms with van der Waals surface area (Å²) in [6.45, 7) is -1.62. The minimum absolute atomic E-state index is 0.0415. The van der Waals surface area contributed by atoms with Gasteiger partial charge in [0, 0.05) is 12.1 Å². The van der Waals surface area contributed by atoms with E-state index in [4.69, 9.17) is 5.73 Å². The standard InChI is InChI=1S/C7H14F3N3O2S/c8-7(9,10)5-13-16(14,15)12-4-6(11)2-1-3-6/h12-13H,1-5,11H2. The Morgan fingerprint density at radius 1 is 1.25 bits per heavy atom. The van der Waals surface area contributed by atoms with E-state index in [1.165, 1.54) is 4.72 Å². The van der Waals surface area contributed by atoms with Crippen molar-refractivity contribution in [2.24, 2.45) is 5.73 Å². The summed E-state index contributed by atoms with van der Waals surface area (Å²) in [6, 6.07) is 0. The van der Waals surface area contributed by atoms with Crippen molar-refractivity contribution in [3.05, 3.63) is 0 Å². The molecule has 0 amide bonds. The first-order valence-electron chi connectivity index (χ1n) is 4.72. The largest absolute Gasteiger partial charge is 0.402 e. The van der Waals surface area contributed by atoms with Gasteiger partial charge in [0.15, 0.2) is 0 Å². The summed E-state index contributed by atoms with van der Waals surface area (Å²) in [7, 11) is -4.12. The van der Waals surface area contributed by atoms with Crippen LogP contribution in [0.15, 0.2) is 0 Å². The van der Waals surface area contributed by atoms with Crippen LogP contribution in [0.25, 0.3) is 0 Å². The molecule has 0 spiro atoms. The van der Waals surface area contributed by atoms with Crippen LogP contribution in [0.3, 0.4) is 0 Å². The van der Waals surface area contributed by atoms with Crippen LogP contribution in [0, 0.1) is 0 Å². The summed E-state index contributed by atoms with van der Waals surface area (Å²) in [5.41, 5.74) is 5.11. The summed E-state index contributed by atoms with van der Waals surface area (Å²) < 4.78 is 60.9. The predicted octanol–water partition coefficient (Wildman–Crippen LogP) is -0.146. The van der Waals surface area contributed by atoms with Crippen LogP contribution >= 0.6 is 0 Å². The molecule has 5 nitrogen and oxygen atoms in total. The second-order valence-electron chi connectivity index (χ2n) is 3.98. The monoisotopic (exact) mass is 261 g/mol. The van der Waals surface area contributed by atoms with Crippen molar-refractivity contribution in [3.63, 3.8) is 0 Å². The summed E-state index contributed by atoms with van der Waals surface area (Å²) in [5, 5.41) is 0. The lowest BCUT2D eigenvalue weighted by molar-refractivity contribution is -0.121. The first-order chi connectivity index (χ1) is 7.12. The van der Waals surface area contributed by atoms with Crippen molar-refractivity contribution in [1.82, 2.24) is 9.44 Å². The molecule has 1 rings (SSSR count). The second kappa shape index (κ2) is 4.47. The van der Waals surface area contributed by atoms with E-state index in [1.54, 1.807) is 0 Å². The molecule has 0 aromatic carbocycles. The zero-order valence-corrected chi connectivity index (χ0v) is 9.29. The molecule has 0 aliphatic heterocycles. The van der Waals surface area contributed by atoms with E-state index in [2.05, 4.69) is 0 Å². The van der Waals surface area contributed by atoms with Crippen LogP contribution in [0.2, 0.25) is 0 Å². The second-order valence-corrected chi connectivity index (χ2v) is 5.56. The van der Waals surface area contributed by atoms with Gasteiger partial charge in [-0.15, -0.1) is 0 Å². The molecule has 1 fully saturated rings. The molecular formula is C7H14F3N3O2S. The zero-order valence-electron chi connectivity index (χ0n) is 8.47. The van der Waals surface area contributed by atoms with Crippen molar-refractivity contribution in [3.8, 4) is 0 Å². The summed E-state index contributed by atoms with van der Waals surface area (Å²) in [5.74, 6) is 0. The minimum Gasteiger partial charge on any atom is -0.324 e. The Morgan fingerprint density at radius 3 is 2.19 bits per heavy atom. The average Bonchev–Trinajstić information content (AvgIpc) is 2.08. The third-order valence-corrected chi connectivity index (χ3v) is 3.47. The number of nitrogens with one attached hydrogen (secondary N) is 2. The molecule has 0 saturated heterocycles. The fraction of sp³-hybridized carbons (Fsp3) is 1.00. The van der Waals surface area contributed by atoms with Crippen LogP contribution in [0.1, 0.15) is 19.3 Å². The maximum Gasteiger partial charge on any atom is 0.402 e. The topological polar surface area (TPSA) is 84.2 Å². The van der Waals surface area contributed by atoms with Crippen LogP contribution in [-0.2, 0) is 10.2 Å². The van der Waals surface area contributed by atoms with Crippen LogP contribution in [0.5, 0.6) is 0 Å². The van der Waals surface area contributed by atoms with Gasteiger partial charge in [-0.1, -0.05) is 0 Å². The molecule has 96 valence electrons. The van der Waals surface area contributed by atoms with Crippen molar-refractivity contribution in [2.45, 2.75) is 31.0 Å². The van der Waals surface area contributed by atoms with Gasteiger partial charge in [0.2, 0.25) is 0 Å². The predicted molar refractivity (Wildman–Crippen MR) is 51.7 cm³/mol. The zero-order chi connectivity index (χ0) is 12.4. The minimum atomic E-state index is -4.56. The summed E-state index contributed by atoms with van der Waals surface area (Å²) >= 11 is 0. The number of hydrogen-bond donors (Lipinski definition) is 3. The lowest BCUT2D eigenvalue weighted by Gasteiger charge is -2.37. The lowest BCUT2D eigenvalue weighted by atomic mass is 9.78. The Morgan fingerprint density at radius 2 is 1.81 bits per heavy atom. The Kier molecular flexibility index (Phi) is 3.83. The van der Waals surface area contributed by atoms with Gasteiger partial charge in [0.25, 0.3) is 10.2 Å². The van der Waals surface area contributed by atoms with Gasteiger partial charge >= 0.3 is 6.18 Å². The molecule has 0 heterocycles. The van der Waals surface area contributed by atoms with Crippen molar-refractivity contribution in [2.75, 3.05) is 13.1 Å². The molecule has 0 aromatic rings. The fourth-order valence-corrected chi connectivity index (χ4v) is 2.21. The molecular weight excluding hydrogens is 247 g/mol. The third kappa shape index (κ3) is 4.64. The van der Waals surface area contributed by atoms with Gasteiger partial charge in [-0.2, -0.15) is 26.3 Å². The highest BCUT2D eigenvalue weighted by molar-refractivity contribution is 7.87. The maximum atomic E-state index is 11.8. The number of nitrogens with two attached hydrogens (primary N) is 1. The average molecular weight is 261 g/mol. The number of alkyl halides is 3. The quantitative estimate of drug-likeness (QED) is 0.643. The van der Waals surface area contributed by atoms with E-state index in [0.29, 0.717) is 12.8 Å². The van der Waals surface area contributed by atoms with Crippen LogP contribution < -0.4 is 15.2 Å². The van der Waals surface area contributed by atoms with Crippen molar-refractivity contribution in [1.29, 1.82) is 0 Å². The highest BCUT2D eigenvalue weighted by Crippen LogP contribution is 2.28. The van der Waals surface area contributed by atoms with E-state index in [0.717, 1.165) is 6.42 Å². The van der Waals surface area contributed by atoms with Gasteiger partial charge in [0.1, 0.15) is 6.54 Å². The van der Waals surface area contributed by atoms with Crippen LogP contribution in [0.4, 0.5) is 13.2 Å². The SMILES string of the molecule is NC1(CNS(=O)(=O)NCC(F)(F)F)CCC1. The van der Waals surface area contributed by atoms with E-state index in [1.807, 2.05) is 4.72 Å². The van der Waals surface area contributed by atoms with Crippen LogP contribution in [-0.4, -0.2) is 33.2 Å². The van der Waals surface area contributed by atoms with E-state index in [9.17, 15) is 21.6 Å². The van der Waals surface area contributed by atoms with E-state index < -0.39 is 28.5 Å². The smallest absolute Gasteiger partial charge is 0.324 e. The Labute approximate surface area is 91.8 Å². The highest BCUT2D eigenvalue weighted by Gasteiger charge is 2.34. The Hall–Kier alpha value is -0.380. The first-order valence-corrected chi connectivity index (χ1v) is 6.20. The van der Waals surface area contributed by atoms with Gasteiger partial charge in [-0.05, 0) is 19.3 Å². The molecule has 0 bridgehead atoms. The first kappa shape index (κ1) is 13.7. The molecule has 1 aliphatic rings. The van der Waals surface area contributed by atoms with Crippen molar-refractivity contribution < 1.29 is 21.6 Å². The molecule has 1 aliphatic carbocycles. The number of rotatable bonds is 5. The van der Waals surface area contributed by atoms with Crippen molar-refractivity contribution >= 4 is 10.2 Å². The van der Waals surface area contributed by atoms with Gasteiger partial charge < -0.3 is 5.73 Å². The fourth-order valence-electron chi connectivity index (χ4n) is 1.27. The summed E-state index contributed by atoms with van der Waals surface area (Å²) in [6.07, 6.45) is -2.30. The van der Waals surface area contributed by atoms with E-state index in [-0.39, 0.29) is 6.54 Å². The van der Waals surface area contributed by atoms with Gasteiger partial charge in [-0.3, -0.25) is 0 Å². The molecule has 0 aromatic heterocycles. The maximum absolute atomic E-state index is 11.8. The molecule has 0 radical (unpaired) electrons. The van der Waals surface area contributed by atoms with Gasteiger partial charge in [0.05, 0.1) is 0 Å². The molecule has 1 saturated carbocycles. The number of hydrogen-bond acceptors (Lipinski definition) is 3. The van der Waals surface area contributed by atoms with Gasteiger partial charge in [-0.25, -0.2) is 4.72 Å². The molecule has 16 heavy (non-hydrogen) atoms. The molecule has 0 unspecified atom stereocenters. The lowest BCUT2D eigenvalue weighted by Crippen LogP contribution is -2.56. The highest BCUT2D eigenvalue weighted by atomic mass is 32.2. The normalized spacial score (nSPS) is 20.5. The molecule has 0 atom stereocenters. The Balaban J connectivity index is 2.34. The third-order valence-electron chi connectivity index (χ3n) is 2.43. The molecule has 4 N–H and O–H groups in total. The molecule has 9 heteroatoms. The summed E-state index contributed by atoms with van der Waals surface area (Å²) in [4.78, 5) is 0.